The maximum atomic E-state index is 5.67. The van der Waals surface area contributed by atoms with Crippen molar-refractivity contribution in [3.63, 3.8) is 0 Å². The Hall–Kier alpha value is -0.830. The van der Waals surface area contributed by atoms with Gasteiger partial charge in [0.25, 0.3) is 0 Å². The summed E-state index contributed by atoms with van der Waals surface area (Å²) in [6, 6.07) is 0. The van der Waals surface area contributed by atoms with Crippen LogP contribution in [0.3, 0.4) is 0 Å². The molecule has 0 aromatic carbocycles. The fourth-order valence-electron chi connectivity index (χ4n) is 2.29. The van der Waals surface area contributed by atoms with Gasteiger partial charge in [0.15, 0.2) is 0 Å². The monoisotopic (exact) mass is 237 g/mol. The van der Waals surface area contributed by atoms with Crippen molar-refractivity contribution in [2.45, 2.75) is 52.4 Å². The van der Waals surface area contributed by atoms with Gasteiger partial charge in [0, 0.05) is 17.6 Å². The summed E-state index contributed by atoms with van der Waals surface area (Å²) >= 11 is 0. The van der Waals surface area contributed by atoms with E-state index in [1.165, 1.54) is 44.6 Å². The third kappa shape index (κ3) is 5.35. The summed E-state index contributed by atoms with van der Waals surface area (Å²) in [6.07, 6.45) is 9.09. The number of allylic oxidation sites excluding steroid dienone is 1. The topological polar surface area (TPSA) is 41.6 Å². The molecule has 0 aromatic rings. The molecule has 0 aromatic heterocycles. The Labute approximate surface area is 106 Å². The summed E-state index contributed by atoms with van der Waals surface area (Å²) in [4.78, 5) is 6.95. The number of hydrogen-bond acceptors (Lipinski definition) is 3. The molecule has 17 heavy (non-hydrogen) atoms. The van der Waals surface area contributed by atoms with E-state index >= 15 is 0 Å². The van der Waals surface area contributed by atoms with Crippen LogP contribution in [0.2, 0.25) is 0 Å². The van der Waals surface area contributed by atoms with E-state index in [9.17, 15) is 0 Å². The number of nitrogens with two attached hydrogens (primary N) is 1. The van der Waals surface area contributed by atoms with Gasteiger partial charge in [-0.1, -0.05) is 13.8 Å². The van der Waals surface area contributed by atoms with Crippen LogP contribution in [-0.2, 0) is 0 Å². The minimum absolute atomic E-state index is 0.929. The fourth-order valence-corrected chi connectivity index (χ4v) is 2.29. The molecule has 0 atom stereocenters. The van der Waals surface area contributed by atoms with E-state index in [1.807, 2.05) is 20.0 Å². The predicted octanol–water partition coefficient (Wildman–Crippen LogP) is 2.92. The molecule has 1 fully saturated rings. The lowest BCUT2D eigenvalue weighted by molar-refractivity contribution is 0.336. The molecule has 2 aliphatic rings. The minimum atomic E-state index is 0.929. The molecule has 0 radical (unpaired) electrons. The van der Waals surface area contributed by atoms with E-state index in [0.29, 0.717) is 0 Å². The predicted molar refractivity (Wildman–Crippen MR) is 75.2 cm³/mol. The first-order valence-corrected chi connectivity index (χ1v) is 7.07. The van der Waals surface area contributed by atoms with E-state index in [0.717, 1.165) is 25.0 Å². The highest BCUT2D eigenvalue weighted by Crippen LogP contribution is 2.13. The molecule has 2 N–H and O–H groups in total. The number of rotatable bonds is 4. The van der Waals surface area contributed by atoms with E-state index < -0.39 is 0 Å². The van der Waals surface area contributed by atoms with E-state index in [1.54, 1.807) is 0 Å². The molecular formula is C14H27N3. The van der Waals surface area contributed by atoms with E-state index in [2.05, 4.69) is 9.89 Å². The molecule has 98 valence electrons. The van der Waals surface area contributed by atoms with Gasteiger partial charge in [0.05, 0.1) is 0 Å². The van der Waals surface area contributed by atoms with Crippen molar-refractivity contribution in [2.75, 3.05) is 19.6 Å². The Bertz CT molecular complexity index is 263. The molecule has 3 heteroatoms. The number of nitrogens with zero attached hydrogens (tertiary/aromatic N) is 2. The summed E-state index contributed by atoms with van der Waals surface area (Å²) in [5.74, 6) is 0. The minimum Gasteiger partial charge on any atom is -0.401 e. The lowest BCUT2D eigenvalue weighted by atomic mass is 10.1. The largest absolute Gasteiger partial charge is 0.401 e. The Morgan fingerprint density at radius 2 is 1.94 bits per heavy atom. The molecule has 0 unspecified atom stereocenters. The highest BCUT2D eigenvalue weighted by Gasteiger charge is 2.11. The van der Waals surface area contributed by atoms with E-state index in [-0.39, 0.29) is 0 Å². The summed E-state index contributed by atoms with van der Waals surface area (Å²) in [5.41, 5.74) is 7.94. The van der Waals surface area contributed by atoms with Gasteiger partial charge >= 0.3 is 0 Å². The average molecular weight is 237 g/mol. The molecule has 0 amide bonds. The molecule has 2 rings (SSSR count). The molecule has 0 saturated carbocycles. The molecule has 1 saturated heterocycles. The molecular weight excluding hydrogens is 210 g/mol. The van der Waals surface area contributed by atoms with Gasteiger partial charge in [0.1, 0.15) is 0 Å². The van der Waals surface area contributed by atoms with Crippen LogP contribution in [0.1, 0.15) is 52.4 Å². The van der Waals surface area contributed by atoms with Crippen molar-refractivity contribution >= 4 is 5.71 Å². The second-order valence-electron chi connectivity index (χ2n) is 4.55. The van der Waals surface area contributed by atoms with Gasteiger partial charge in [-0.3, -0.25) is 4.99 Å². The maximum Gasteiger partial charge on any atom is 0.0454 e. The number of aliphatic imine (C=N–C) groups is 1. The van der Waals surface area contributed by atoms with Crippen LogP contribution < -0.4 is 5.73 Å². The van der Waals surface area contributed by atoms with Crippen LogP contribution >= 0.6 is 0 Å². The Morgan fingerprint density at radius 1 is 1.24 bits per heavy atom. The van der Waals surface area contributed by atoms with Gasteiger partial charge in [-0.05, 0) is 58.2 Å². The molecule has 0 spiro atoms. The van der Waals surface area contributed by atoms with Gasteiger partial charge in [0.2, 0.25) is 0 Å². The lowest BCUT2D eigenvalue weighted by Gasteiger charge is -2.15. The molecule has 3 nitrogen and oxygen atoms in total. The van der Waals surface area contributed by atoms with Crippen molar-refractivity contribution in [1.82, 2.24) is 4.90 Å². The van der Waals surface area contributed by atoms with Crippen molar-refractivity contribution < 1.29 is 0 Å². The van der Waals surface area contributed by atoms with Gasteiger partial charge in [-0.25, -0.2) is 0 Å². The fraction of sp³-hybridized carbons (Fsp3) is 0.786. The average Bonchev–Trinajstić information content (AvgIpc) is 2.87. The van der Waals surface area contributed by atoms with Crippen LogP contribution in [0.15, 0.2) is 16.9 Å². The third-order valence-corrected chi connectivity index (χ3v) is 3.25. The normalized spacial score (nSPS) is 20.4. The van der Waals surface area contributed by atoms with Gasteiger partial charge in [-0.2, -0.15) is 0 Å². The SMILES string of the molecule is CC.NC1=CN=C(CCCN2CCCC2)CC1. The number of hydrogen-bond donors (Lipinski definition) is 1. The van der Waals surface area contributed by atoms with Crippen LogP contribution in [0.5, 0.6) is 0 Å². The Kier molecular flexibility index (Phi) is 6.94. The zero-order chi connectivity index (χ0) is 12.5. The first-order valence-electron chi connectivity index (χ1n) is 7.07. The van der Waals surface area contributed by atoms with Gasteiger partial charge < -0.3 is 10.6 Å². The summed E-state index contributed by atoms with van der Waals surface area (Å²) < 4.78 is 0. The maximum absolute atomic E-state index is 5.67. The zero-order valence-electron chi connectivity index (χ0n) is 11.4. The highest BCUT2D eigenvalue weighted by atomic mass is 15.1. The Morgan fingerprint density at radius 3 is 2.53 bits per heavy atom. The smallest absolute Gasteiger partial charge is 0.0454 e. The summed E-state index contributed by atoms with van der Waals surface area (Å²) in [7, 11) is 0. The molecule has 0 aliphatic carbocycles. The molecule has 0 bridgehead atoms. The summed E-state index contributed by atoms with van der Waals surface area (Å²) in [6.45, 7) is 7.86. The molecule has 2 aliphatic heterocycles. The van der Waals surface area contributed by atoms with Crippen molar-refractivity contribution in [3.05, 3.63) is 11.9 Å². The third-order valence-electron chi connectivity index (χ3n) is 3.25. The lowest BCUT2D eigenvalue weighted by Crippen LogP contribution is -2.21. The van der Waals surface area contributed by atoms with Crippen molar-refractivity contribution in [1.29, 1.82) is 0 Å². The van der Waals surface area contributed by atoms with Crippen molar-refractivity contribution in [2.24, 2.45) is 10.7 Å². The van der Waals surface area contributed by atoms with Crippen LogP contribution in [0, 0.1) is 0 Å². The van der Waals surface area contributed by atoms with Crippen molar-refractivity contribution in [3.8, 4) is 0 Å². The quantitative estimate of drug-likeness (QED) is 0.817. The summed E-state index contributed by atoms with van der Waals surface area (Å²) in [5, 5.41) is 0. The van der Waals surface area contributed by atoms with Crippen LogP contribution in [0.4, 0.5) is 0 Å². The number of likely N-dealkylation sites (tertiary alicyclic amines) is 1. The van der Waals surface area contributed by atoms with Gasteiger partial charge in [-0.15, -0.1) is 0 Å². The standard InChI is InChI=1S/C12H21N3.C2H6/c13-11-5-6-12(14-10-11)4-3-9-15-7-1-2-8-15;1-2/h10H,1-9,13H2;1-2H3. The second kappa shape index (κ2) is 8.29. The second-order valence-corrected chi connectivity index (χ2v) is 4.55. The van der Waals surface area contributed by atoms with E-state index in [4.69, 9.17) is 5.73 Å². The molecule has 2 heterocycles. The first-order chi connectivity index (χ1) is 8.34. The first kappa shape index (κ1) is 14.2. The Balaban J connectivity index is 0.000000686. The van der Waals surface area contributed by atoms with Crippen LogP contribution in [-0.4, -0.2) is 30.2 Å². The highest BCUT2D eigenvalue weighted by molar-refractivity contribution is 5.85. The zero-order valence-corrected chi connectivity index (χ0v) is 11.4. The van der Waals surface area contributed by atoms with Crippen LogP contribution in [0.25, 0.3) is 0 Å².